The number of nitrogens with zero attached hydrogens (tertiary/aromatic N) is 2. The third-order valence-electron chi connectivity index (χ3n) is 6.46. The molecule has 0 spiro atoms. The van der Waals surface area contributed by atoms with E-state index in [0.29, 0.717) is 40.2 Å². The van der Waals surface area contributed by atoms with Crippen LogP contribution in [0.5, 0.6) is 11.5 Å². The molecule has 7 nitrogen and oxygen atoms in total. The lowest BCUT2D eigenvalue weighted by molar-refractivity contribution is 0.0951. The summed E-state index contributed by atoms with van der Waals surface area (Å²) in [4.78, 5) is 26.6. The van der Waals surface area contributed by atoms with Gasteiger partial charge in [0.1, 0.15) is 5.75 Å². The summed E-state index contributed by atoms with van der Waals surface area (Å²) in [5, 5.41) is 10.9. The zero-order chi connectivity index (χ0) is 28.8. The molecule has 5 rings (SSSR count). The van der Waals surface area contributed by atoms with Crippen molar-refractivity contribution in [2.75, 3.05) is 5.32 Å². The number of nitrogens with one attached hydrogen (secondary N) is 2. The van der Waals surface area contributed by atoms with E-state index in [1.54, 1.807) is 48.5 Å². The van der Waals surface area contributed by atoms with E-state index < -0.39 is 5.56 Å². The average molecular weight is 565 g/mol. The largest absolute Gasteiger partial charge is 0.453 e. The summed E-state index contributed by atoms with van der Waals surface area (Å²) in [5.74, 6) is 0.949. The predicted octanol–water partition coefficient (Wildman–Crippen LogP) is 7.48. The minimum Gasteiger partial charge on any atom is -0.453 e. The van der Waals surface area contributed by atoms with Gasteiger partial charge in [-0.2, -0.15) is 9.78 Å². The van der Waals surface area contributed by atoms with Crippen molar-refractivity contribution >= 4 is 28.9 Å². The molecule has 206 valence electrons. The van der Waals surface area contributed by atoms with Crippen LogP contribution in [0.4, 0.5) is 11.4 Å². The molecule has 0 aliphatic rings. The topological polar surface area (TPSA) is 85.2 Å². The first-order valence-electron chi connectivity index (χ1n) is 13.2. The Labute approximate surface area is 243 Å². The van der Waals surface area contributed by atoms with Gasteiger partial charge in [0.25, 0.3) is 11.5 Å². The molecule has 0 atom stereocenters. The van der Waals surface area contributed by atoms with Gasteiger partial charge < -0.3 is 15.4 Å². The van der Waals surface area contributed by atoms with Crippen molar-refractivity contribution in [3.05, 3.63) is 141 Å². The molecule has 0 aliphatic heterocycles. The third-order valence-corrected chi connectivity index (χ3v) is 6.70. The molecule has 0 fully saturated rings. The zero-order valence-corrected chi connectivity index (χ0v) is 23.4. The maximum Gasteiger partial charge on any atom is 0.299 e. The van der Waals surface area contributed by atoms with Crippen molar-refractivity contribution in [3.63, 3.8) is 0 Å². The maximum atomic E-state index is 13.8. The van der Waals surface area contributed by atoms with Crippen LogP contribution in [0.3, 0.4) is 0 Å². The van der Waals surface area contributed by atoms with Crippen LogP contribution in [-0.4, -0.2) is 15.7 Å². The summed E-state index contributed by atoms with van der Waals surface area (Å²) < 4.78 is 7.38. The number of hydrogen-bond donors (Lipinski definition) is 2. The number of benzene rings is 4. The van der Waals surface area contributed by atoms with Crippen LogP contribution in [0.15, 0.2) is 114 Å². The molecule has 1 aromatic heterocycles. The third kappa shape index (κ3) is 6.83. The van der Waals surface area contributed by atoms with Crippen LogP contribution in [0.25, 0.3) is 5.69 Å². The van der Waals surface area contributed by atoms with Crippen LogP contribution in [-0.2, 0) is 6.54 Å². The van der Waals surface area contributed by atoms with Gasteiger partial charge in [0.2, 0.25) is 0 Å². The first-order valence-corrected chi connectivity index (χ1v) is 13.6. The second-order valence-corrected chi connectivity index (χ2v) is 10.2. The van der Waals surface area contributed by atoms with Crippen LogP contribution < -0.4 is 20.9 Å². The van der Waals surface area contributed by atoms with Crippen molar-refractivity contribution < 1.29 is 9.53 Å². The highest BCUT2D eigenvalue weighted by atomic mass is 35.5. The van der Waals surface area contributed by atoms with E-state index in [1.807, 2.05) is 54.6 Å². The predicted molar refractivity (Wildman–Crippen MR) is 163 cm³/mol. The SMILES string of the molecule is CC(C)c1ccc(Oc2cnn(-c3cccc(Cl)c3)c(=O)c2Nc2cccc(C(=O)NCc3ccccc3)c2)cc1. The Morgan fingerprint density at radius 3 is 2.41 bits per heavy atom. The molecule has 1 heterocycles. The summed E-state index contributed by atoms with van der Waals surface area (Å²) in [7, 11) is 0. The molecule has 5 aromatic rings. The Kier molecular flexibility index (Phi) is 8.46. The standard InChI is InChI=1S/C33H29ClN4O3/c1-22(2)24-14-16-29(17-15-24)41-30-21-36-38(28-13-7-11-26(34)19-28)33(40)31(30)37-27-12-6-10-25(18-27)32(39)35-20-23-8-4-3-5-9-23/h3-19,21-22,37H,20H2,1-2H3,(H,35,39). The normalized spacial score (nSPS) is 10.8. The molecule has 1 amide bonds. The van der Waals surface area contributed by atoms with Crippen LogP contribution in [0.2, 0.25) is 5.02 Å². The molecule has 0 saturated heterocycles. The van der Waals surface area contributed by atoms with Crippen molar-refractivity contribution in [1.29, 1.82) is 0 Å². The Bertz CT molecular complexity index is 1720. The molecule has 8 heteroatoms. The highest BCUT2D eigenvalue weighted by molar-refractivity contribution is 6.30. The van der Waals surface area contributed by atoms with Gasteiger partial charge >= 0.3 is 0 Å². The maximum absolute atomic E-state index is 13.8. The molecule has 0 saturated carbocycles. The molecular weight excluding hydrogens is 536 g/mol. The summed E-state index contributed by atoms with van der Waals surface area (Å²) >= 11 is 6.18. The van der Waals surface area contributed by atoms with Gasteiger partial charge in [0.05, 0.1) is 11.9 Å². The molecule has 0 radical (unpaired) electrons. The number of carbonyl (C=O) groups excluding carboxylic acids is 1. The van der Waals surface area contributed by atoms with Gasteiger partial charge in [-0.1, -0.05) is 80.0 Å². The number of amides is 1. The molecule has 0 aliphatic carbocycles. The van der Waals surface area contributed by atoms with Crippen molar-refractivity contribution in [1.82, 2.24) is 15.1 Å². The fourth-order valence-corrected chi connectivity index (χ4v) is 4.42. The van der Waals surface area contributed by atoms with Gasteiger partial charge in [0, 0.05) is 22.8 Å². The van der Waals surface area contributed by atoms with Gasteiger partial charge in [0.15, 0.2) is 11.4 Å². The first kappa shape index (κ1) is 27.7. The Morgan fingerprint density at radius 1 is 0.927 bits per heavy atom. The number of ether oxygens (including phenoxy) is 1. The van der Waals surface area contributed by atoms with E-state index in [-0.39, 0.29) is 17.3 Å². The minimum absolute atomic E-state index is 0.162. The first-order chi connectivity index (χ1) is 19.9. The second kappa shape index (κ2) is 12.5. The number of anilines is 2. The molecule has 0 bridgehead atoms. The minimum atomic E-state index is -0.442. The number of hydrogen-bond acceptors (Lipinski definition) is 5. The van der Waals surface area contributed by atoms with Gasteiger partial charge in [-0.3, -0.25) is 9.59 Å². The highest BCUT2D eigenvalue weighted by Gasteiger charge is 2.17. The van der Waals surface area contributed by atoms with E-state index in [0.717, 1.165) is 5.56 Å². The van der Waals surface area contributed by atoms with Crippen LogP contribution in [0, 0.1) is 0 Å². The van der Waals surface area contributed by atoms with Gasteiger partial charge in [-0.25, -0.2) is 0 Å². The van der Waals surface area contributed by atoms with E-state index in [9.17, 15) is 9.59 Å². The van der Waals surface area contributed by atoms with E-state index in [1.165, 1.54) is 16.4 Å². The van der Waals surface area contributed by atoms with E-state index in [2.05, 4.69) is 29.6 Å². The van der Waals surface area contributed by atoms with Crippen LogP contribution >= 0.6 is 11.6 Å². The lowest BCUT2D eigenvalue weighted by atomic mass is 10.0. The van der Waals surface area contributed by atoms with E-state index >= 15 is 0 Å². The van der Waals surface area contributed by atoms with Crippen molar-refractivity contribution in [2.24, 2.45) is 0 Å². The fourth-order valence-electron chi connectivity index (χ4n) is 4.23. The van der Waals surface area contributed by atoms with Crippen molar-refractivity contribution in [2.45, 2.75) is 26.3 Å². The quantitative estimate of drug-likeness (QED) is 0.194. The summed E-state index contributed by atoms with van der Waals surface area (Å²) in [6.07, 6.45) is 1.48. The monoisotopic (exact) mass is 564 g/mol. The fraction of sp³-hybridized carbons (Fsp3) is 0.121. The Hall–Kier alpha value is -4.88. The molecule has 41 heavy (non-hydrogen) atoms. The Balaban J connectivity index is 1.46. The van der Waals surface area contributed by atoms with Crippen molar-refractivity contribution in [3.8, 4) is 17.2 Å². The zero-order valence-electron chi connectivity index (χ0n) is 22.7. The molecular formula is C33H29ClN4O3. The summed E-state index contributed by atoms with van der Waals surface area (Å²) in [6, 6.07) is 31.2. The average Bonchev–Trinajstić information content (AvgIpc) is 2.99. The highest BCUT2D eigenvalue weighted by Crippen LogP contribution is 2.30. The summed E-state index contributed by atoms with van der Waals surface area (Å²) in [6.45, 7) is 4.64. The number of rotatable bonds is 9. The smallest absolute Gasteiger partial charge is 0.299 e. The van der Waals surface area contributed by atoms with Gasteiger partial charge in [-0.05, 0) is 65.6 Å². The Morgan fingerprint density at radius 2 is 1.68 bits per heavy atom. The van der Waals surface area contributed by atoms with Crippen LogP contribution in [0.1, 0.15) is 41.3 Å². The second-order valence-electron chi connectivity index (χ2n) is 9.78. The molecule has 0 unspecified atom stereocenters. The number of halogens is 1. The van der Waals surface area contributed by atoms with E-state index in [4.69, 9.17) is 16.3 Å². The molecule has 4 aromatic carbocycles. The number of carbonyl (C=O) groups is 1. The lowest BCUT2D eigenvalue weighted by Crippen LogP contribution is -2.24. The van der Waals surface area contributed by atoms with Gasteiger partial charge in [-0.15, -0.1) is 0 Å². The number of aromatic nitrogens is 2. The molecule has 2 N–H and O–H groups in total. The summed E-state index contributed by atoms with van der Waals surface area (Å²) in [5.41, 5.74) is 3.38. The lowest BCUT2D eigenvalue weighted by Gasteiger charge is -2.15.